The number of hydrogen-bond donors (Lipinski definition) is 2. The Balaban J connectivity index is 2.73. The Kier molecular flexibility index (Phi) is 5.39. The summed E-state index contributed by atoms with van der Waals surface area (Å²) in [6.45, 7) is 2.20. The van der Waals surface area contributed by atoms with Crippen molar-refractivity contribution in [3.8, 4) is 0 Å². The van der Waals surface area contributed by atoms with Crippen LogP contribution in [-0.2, 0) is 10.0 Å². The fourth-order valence-electron chi connectivity index (χ4n) is 1.31. The number of hydrogen-bond acceptors (Lipinski definition) is 3. The van der Waals surface area contributed by atoms with Crippen LogP contribution in [0, 0.1) is 5.92 Å². The summed E-state index contributed by atoms with van der Waals surface area (Å²) in [5, 5.41) is 8.93. The highest BCUT2D eigenvalue weighted by atomic mass is 35.5. The van der Waals surface area contributed by atoms with Crippen LogP contribution in [0.5, 0.6) is 0 Å². The average Bonchev–Trinajstić information content (AvgIpc) is 2.27. The van der Waals surface area contributed by atoms with Gasteiger partial charge in [0.15, 0.2) is 0 Å². The molecule has 1 atom stereocenters. The van der Waals surface area contributed by atoms with Gasteiger partial charge in [-0.05, 0) is 24.5 Å². The van der Waals surface area contributed by atoms with Gasteiger partial charge in [0.1, 0.15) is 4.90 Å². The molecule has 0 aliphatic rings. The second-order valence-corrected chi connectivity index (χ2v) is 6.04. The highest BCUT2D eigenvalue weighted by Gasteiger charge is 2.17. The SMILES string of the molecule is CC(CCO)CNS(=O)(=O)c1ccccc1Cl. The molecular weight excluding hydrogens is 262 g/mol. The third-order valence-corrected chi connectivity index (χ3v) is 4.29. The lowest BCUT2D eigenvalue weighted by Gasteiger charge is -2.12. The van der Waals surface area contributed by atoms with E-state index in [0.29, 0.717) is 6.42 Å². The van der Waals surface area contributed by atoms with Crippen molar-refractivity contribution < 1.29 is 13.5 Å². The van der Waals surface area contributed by atoms with Gasteiger partial charge in [-0.15, -0.1) is 0 Å². The van der Waals surface area contributed by atoms with Crippen molar-refractivity contribution in [1.82, 2.24) is 4.72 Å². The van der Waals surface area contributed by atoms with Crippen molar-refractivity contribution in [3.63, 3.8) is 0 Å². The van der Waals surface area contributed by atoms with Gasteiger partial charge >= 0.3 is 0 Å². The summed E-state index contributed by atoms with van der Waals surface area (Å²) >= 11 is 5.83. The summed E-state index contributed by atoms with van der Waals surface area (Å²) in [5.74, 6) is 0.0808. The third-order valence-electron chi connectivity index (χ3n) is 2.37. The second-order valence-electron chi connectivity index (χ2n) is 3.90. The van der Waals surface area contributed by atoms with Crippen LogP contribution in [-0.4, -0.2) is 26.7 Å². The van der Waals surface area contributed by atoms with Gasteiger partial charge in [-0.3, -0.25) is 0 Å². The smallest absolute Gasteiger partial charge is 0.242 e. The molecule has 0 heterocycles. The minimum atomic E-state index is -3.57. The number of sulfonamides is 1. The quantitative estimate of drug-likeness (QED) is 0.831. The van der Waals surface area contributed by atoms with Gasteiger partial charge in [0.25, 0.3) is 0 Å². The first kappa shape index (κ1) is 14.4. The molecule has 0 aromatic heterocycles. The predicted octanol–water partition coefficient (Wildman–Crippen LogP) is 1.64. The van der Waals surface area contributed by atoms with Gasteiger partial charge in [-0.1, -0.05) is 30.7 Å². The van der Waals surface area contributed by atoms with Gasteiger partial charge in [0.2, 0.25) is 10.0 Å². The van der Waals surface area contributed by atoms with E-state index >= 15 is 0 Å². The van der Waals surface area contributed by atoms with Crippen LogP contribution in [0.15, 0.2) is 29.2 Å². The van der Waals surface area contributed by atoms with Crippen molar-refractivity contribution in [2.24, 2.45) is 5.92 Å². The number of benzene rings is 1. The number of aliphatic hydroxyl groups is 1. The van der Waals surface area contributed by atoms with Crippen LogP contribution in [0.2, 0.25) is 5.02 Å². The fourth-order valence-corrected chi connectivity index (χ4v) is 3.00. The van der Waals surface area contributed by atoms with Crippen LogP contribution in [0.1, 0.15) is 13.3 Å². The summed E-state index contributed by atoms with van der Waals surface area (Å²) in [4.78, 5) is 0.0814. The van der Waals surface area contributed by atoms with Crippen molar-refractivity contribution >= 4 is 21.6 Å². The summed E-state index contributed by atoms with van der Waals surface area (Å²) in [5.41, 5.74) is 0. The molecule has 0 saturated heterocycles. The molecule has 2 N–H and O–H groups in total. The zero-order valence-corrected chi connectivity index (χ0v) is 11.1. The van der Waals surface area contributed by atoms with E-state index < -0.39 is 10.0 Å². The molecule has 0 fully saturated rings. The van der Waals surface area contributed by atoms with Crippen LogP contribution in [0.4, 0.5) is 0 Å². The first-order valence-corrected chi connectivity index (χ1v) is 7.18. The largest absolute Gasteiger partial charge is 0.396 e. The molecule has 0 aliphatic heterocycles. The number of aliphatic hydroxyl groups excluding tert-OH is 1. The van der Waals surface area contributed by atoms with Crippen molar-refractivity contribution in [2.45, 2.75) is 18.2 Å². The van der Waals surface area contributed by atoms with Crippen LogP contribution < -0.4 is 4.72 Å². The van der Waals surface area contributed by atoms with E-state index in [0.717, 1.165) is 0 Å². The third kappa shape index (κ3) is 4.27. The predicted molar refractivity (Wildman–Crippen MR) is 67.5 cm³/mol. The van der Waals surface area contributed by atoms with E-state index in [1.54, 1.807) is 12.1 Å². The standard InChI is InChI=1S/C11H16ClNO3S/c1-9(6-7-14)8-13-17(15,16)11-5-3-2-4-10(11)12/h2-5,9,13-14H,6-8H2,1H3. The monoisotopic (exact) mass is 277 g/mol. The van der Waals surface area contributed by atoms with E-state index in [1.807, 2.05) is 6.92 Å². The topological polar surface area (TPSA) is 66.4 Å². The van der Waals surface area contributed by atoms with Gasteiger partial charge in [-0.25, -0.2) is 13.1 Å². The minimum absolute atomic E-state index is 0.0506. The molecule has 17 heavy (non-hydrogen) atoms. The van der Waals surface area contributed by atoms with Crippen molar-refractivity contribution in [3.05, 3.63) is 29.3 Å². The summed E-state index contributed by atoms with van der Waals surface area (Å²) in [6.07, 6.45) is 0.561. The molecule has 4 nitrogen and oxygen atoms in total. The lowest BCUT2D eigenvalue weighted by Crippen LogP contribution is -2.29. The van der Waals surface area contributed by atoms with E-state index in [9.17, 15) is 8.42 Å². The molecule has 1 unspecified atom stereocenters. The van der Waals surface area contributed by atoms with Crippen LogP contribution in [0.3, 0.4) is 0 Å². The highest BCUT2D eigenvalue weighted by molar-refractivity contribution is 7.89. The summed E-state index contributed by atoms with van der Waals surface area (Å²) < 4.78 is 26.3. The molecule has 0 radical (unpaired) electrons. The molecule has 0 amide bonds. The zero-order chi connectivity index (χ0) is 12.9. The Labute approximate surface area is 107 Å². The molecule has 1 rings (SSSR count). The molecule has 96 valence electrons. The first-order chi connectivity index (χ1) is 7.97. The van der Waals surface area contributed by atoms with Gasteiger partial charge < -0.3 is 5.11 Å². The highest BCUT2D eigenvalue weighted by Crippen LogP contribution is 2.20. The van der Waals surface area contributed by atoms with E-state index in [2.05, 4.69) is 4.72 Å². The van der Waals surface area contributed by atoms with E-state index in [-0.39, 0.29) is 29.0 Å². The maximum Gasteiger partial charge on any atom is 0.242 e. The van der Waals surface area contributed by atoms with Gasteiger partial charge in [-0.2, -0.15) is 0 Å². The fraction of sp³-hybridized carbons (Fsp3) is 0.455. The summed E-state index contributed by atoms with van der Waals surface area (Å²) in [6, 6.07) is 6.29. The first-order valence-electron chi connectivity index (χ1n) is 5.32. The minimum Gasteiger partial charge on any atom is -0.396 e. The van der Waals surface area contributed by atoms with Gasteiger partial charge in [0.05, 0.1) is 5.02 Å². The summed E-state index contributed by atoms with van der Waals surface area (Å²) in [7, 11) is -3.57. The van der Waals surface area contributed by atoms with Crippen molar-refractivity contribution in [2.75, 3.05) is 13.2 Å². The maximum atomic E-state index is 11.9. The molecular formula is C11H16ClNO3S. The van der Waals surface area contributed by atoms with Crippen LogP contribution >= 0.6 is 11.6 Å². The molecule has 0 aliphatic carbocycles. The Morgan fingerprint density at radius 1 is 1.41 bits per heavy atom. The van der Waals surface area contributed by atoms with Crippen LogP contribution in [0.25, 0.3) is 0 Å². The molecule has 0 spiro atoms. The Bertz CT molecular complexity index is 462. The lowest BCUT2D eigenvalue weighted by atomic mass is 10.1. The number of rotatable bonds is 6. The van der Waals surface area contributed by atoms with Crippen molar-refractivity contribution in [1.29, 1.82) is 0 Å². The molecule has 1 aromatic carbocycles. The Morgan fingerprint density at radius 2 is 2.06 bits per heavy atom. The normalized spacial score (nSPS) is 13.6. The van der Waals surface area contributed by atoms with E-state index in [1.165, 1.54) is 12.1 Å². The maximum absolute atomic E-state index is 11.9. The number of halogens is 1. The molecule has 0 saturated carbocycles. The Morgan fingerprint density at radius 3 is 2.65 bits per heavy atom. The molecule has 1 aromatic rings. The number of nitrogens with one attached hydrogen (secondary N) is 1. The average molecular weight is 278 g/mol. The van der Waals surface area contributed by atoms with Gasteiger partial charge in [0, 0.05) is 13.2 Å². The van der Waals surface area contributed by atoms with E-state index in [4.69, 9.17) is 16.7 Å². The lowest BCUT2D eigenvalue weighted by molar-refractivity contribution is 0.263. The second kappa shape index (κ2) is 6.35. The molecule has 6 heteroatoms. The zero-order valence-electron chi connectivity index (χ0n) is 9.56. The Hall–Kier alpha value is -0.620. The molecule has 0 bridgehead atoms.